The quantitative estimate of drug-likeness (QED) is 0.823. The number of carbonyl (C=O) groups excluding carboxylic acids is 3. The van der Waals surface area contributed by atoms with E-state index >= 15 is 0 Å². The van der Waals surface area contributed by atoms with Gasteiger partial charge in [-0.2, -0.15) is 0 Å². The highest BCUT2D eigenvalue weighted by molar-refractivity contribution is 6.05. The molecule has 0 saturated carbocycles. The van der Waals surface area contributed by atoms with E-state index in [2.05, 4.69) is 10.6 Å². The largest absolute Gasteiger partial charge is 0.326 e. The molecule has 0 atom stereocenters. The zero-order valence-electron chi connectivity index (χ0n) is 14.8. The van der Waals surface area contributed by atoms with Crippen LogP contribution in [-0.2, 0) is 4.79 Å². The van der Waals surface area contributed by atoms with Crippen LogP contribution in [0.4, 0.5) is 11.4 Å². The molecule has 5 heteroatoms. The van der Waals surface area contributed by atoms with Gasteiger partial charge in [-0.05, 0) is 49.4 Å². The van der Waals surface area contributed by atoms with E-state index in [1.54, 1.807) is 48.5 Å². The van der Waals surface area contributed by atoms with Crippen molar-refractivity contribution in [2.45, 2.75) is 27.7 Å². The zero-order valence-corrected chi connectivity index (χ0v) is 14.8. The van der Waals surface area contributed by atoms with E-state index in [9.17, 15) is 14.4 Å². The second-order valence-electron chi connectivity index (χ2n) is 6.87. The third-order valence-corrected chi connectivity index (χ3v) is 3.61. The van der Waals surface area contributed by atoms with E-state index in [0.29, 0.717) is 22.5 Å². The normalized spacial score (nSPS) is 10.9. The number of anilines is 2. The summed E-state index contributed by atoms with van der Waals surface area (Å²) in [6, 6.07) is 13.4. The van der Waals surface area contributed by atoms with E-state index in [1.165, 1.54) is 6.92 Å². The van der Waals surface area contributed by atoms with Crippen molar-refractivity contribution < 1.29 is 14.4 Å². The highest BCUT2D eigenvalue weighted by atomic mass is 16.2. The minimum atomic E-state index is -0.517. The third-order valence-electron chi connectivity index (χ3n) is 3.61. The van der Waals surface area contributed by atoms with Crippen molar-refractivity contribution in [3.63, 3.8) is 0 Å². The van der Waals surface area contributed by atoms with Gasteiger partial charge in [0, 0.05) is 27.9 Å². The van der Waals surface area contributed by atoms with Gasteiger partial charge in [0.25, 0.3) is 5.91 Å². The van der Waals surface area contributed by atoms with Gasteiger partial charge in [0.1, 0.15) is 0 Å². The van der Waals surface area contributed by atoms with Crippen molar-refractivity contribution in [3.8, 4) is 0 Å². The number of nitrogens with one attached hydrogen (secondary N) is 2. The summed E-state index contributed by atoms with van der Waals surface area (Å²) >= 11 is 0. The van der Waals surface area contributed by atoms with Crippen LogP contribution < -0.4 is 10.6 Å². The second-order valence-corrected chi connectivity index (χ2v) is 6.87. The molecule has 2 amide bonds. The first-order chi connectivity index (χ1) is 11.7. The average molecular weight is 338 g/mol. The minimum absolute atomic E-state index is 0.0276. The maximum absolute atomic E-state index is 12.4. The van der Waals surface area contributed by atoms with E-state index in [4.69, 9.17) is 0 Å². The highest BCUT2D eigenvalue weighted by Gasteiger charge is 2.21. The first-order valence-corrected chi connectivity index (χ1v) is 8.01. The number of benzene rings is 2. The Labute approximate surface area is 147 Å². The lowest BCUT2D eigenvalue weighted by atomic mass is 9.95. The molecule has 25 heavy (non-hydrogen) atoms. The SMILES string of the molecule is CC(=O)c1ccc(NC(=O)c2cccc(NC(=O)C(C)(C)C)c2)cc1. The van der Waals surface area contributed by atoms with Crippen LogP contribution in [0.15, 0.2) is 48.5 Å². The van der Waals surface area contributed by atoms with Crippen molar-refractivity contribution in [1.82, 2.24) is 0 Å². The van der Waals surface area contributed by atoms with E-state index < -0.39 is 5.41 Å². The summed E-state index contributed by atoms with van der Waals surface area (Å²) < 4.78 is 0. The fourth-order valence-corrected chi connectivity index (χ4v) is 2.05. The smallest absolute Gasteiger partial charge is 0.255 e. The lowest BCUT2D eigenvalue weighted by molar-refractivity contribution is -0.123. The number of ketones is 1. The Kier molecular flexibility index (Phi) is 5.37. The predicted molar refractivity (Wildman–Crippen MR) is 98.9 cm³/mol. The topological polar surface area (TPSA) is 75.3 Å². The average Bonchev–Trinajstić information content (AvgIpc) is 2.54. The fraction of sp³-hybridized carbons (Fsp3) is 0.250. The number of Topliss-reactive ketones (excluding diaryl/α,β-unsaturated/α-hetero) is 1. The number of hydrogen-bond acceptors (Lipinski definition) is 3. The predicted octanol–water partition coefficient (Wildman–Crippen LogP) is 4.13. The molecular formula is C20H22N2O3. The molecule has 2 N–H and O–H groups in total. The molecule has 2 aromatic rings. The Morgan fingerprint density at radius 2 is 1.44 bits per heavy atom. The Balaban J connectivity index is 2.10. The van der Waals surface area contributed by atoms with Crippen LogP contribution in [0.5, 0.6) is 0 Å². The van der Waals surface area contributed by atoms with Gasteiger partial charge in [-0.15, -0.1) is 0 Å². The minimum Gasteiger partial charge on any atom is -0.326 e. The monoisotopic (exact) mass is 338 g/mol. The molecule has 0 saturated heterocycles. The molecule has 0 unspecified atom stereocenters. The second kappa shape index (κ2) is 7.30. The Morgan fingerprint density at radius 1 is 0.800 bits per heavy atom. The molecule has 0 aliphatic rings. The Hall–Kier alpha value is -2.95. The van der Waals surface area contributed by atoms with Crippen molar-refractivity contribution in [2.24, 2.45) is 5.41 Å². The maximum Gasteiger partial charge on any atom is 0.255 e. The van der Waals surface area contributed by atoms with Crippen LogP contribution >= 0.6 is 0 Å². The Morgan fingerprint density at radius 3 is 2.00 bits per heavy atom. The lowest BCUT2D eigenvalue weighted by Crippen LogP contribution is -2.27. The standard InChI is InChI=1S/C20H22N2O3/c1-13(23)14-8-10-16(11-9-14)21-18(24)15-6-5-7-17(12-15)22-19(25)20(2,3)4/h5-12H,1-4H3,(H,21,24)(H,22,25). The summed E-state index contributed by atoms with van der Waals surface area (Å²) in [5.41, 5.74) is 1.67. The van der Waals surface area contributed by atoms with E-state index in [-0.39, 0.29) is 17.6 Å². The lowest BCUT2D eigenvalue weighted by Gasteiger charge is -2.18. The van der Waals surface area contributed by atoms with Gasteiger partial charge in [0.2, 0.25) is 5.91 Å². The van der Waals surface area contributed by atoms with Gasteiger partial charge in [0.05, 0.1) is 0 Å². The fourth-order valence-electron chi connectivity index (χ4n) is 2.05. The molecule has 2 rings (SSSR count). The van der Waals surface area contributed by atoms with Gasteiger partial charge in [0.15, 0.2) is 5.78 Å². The van der Waals surface area contributed by atoms with Crippen LogP contribution in [0, 0.1) is 5.41 Å². The molecular weight excluding hydrogens is 316 g/mol. The number of rotatable bonds is 4. The van der Waals surface area contributed by atoms with Crippen LogP contribution in [0.1, 0.15) is 48.4 Å². The van der Waals surface area contributed by atoms with Gasteiger partial charge in [-0.25, -0.2) is 0 Å². The van der Waals surface area contributed by atoms with Crippen molar-refractivity contribution in [1.29, 1.82) is 0 Å². The van der Waals surface area contributed by atoms with Gasteiger partial charge in [-0.3, -0.25) is 14.4 Å². The highest BCUT2D eigenvalue weighted by Crippen LogP contribution is 2.19. The van der Waals surface area contributed by atoms with Crippen LogP contribution in [0.25, 0.3) is 0 Å². The summed E-state index contributed by atoms with van der Waals surface area (Å²) in [4.78, 5) is 35.7. The maximum atomic E-state index is 12.4. The van der Waals surface area contributed by atoms with Gasteiger partial charge < -0.3 is 10.6 Å². The van der Waals surface area contributed by atoms with Crippen molar-refractivity contribution in [3.05, 3.63) is 59.7 Å². The Bertz CT molecular complexity index is 802. The molecule has 0 aliphatic heterocycles. The number of carbonyl (C=O) groups is 3. The first-order valence-electron chi connectivity index (χ1n) is 8.01. The zero-order chi connectivity index (χ0) is 18.6. The number of hydrogen-bond donors (Lipinski definition) is 2. The van der Waals surface area contributed by atoms with Crippen LogP contribution in [0.2, 0.25) is 0 Å². The van der Waals surface area contributed by atoms with Crippen LogP contribution in [-0.4, -0.2) is 17.6 Å². The molecule has 0 aliphatic carbocycles. The molecule has 2 aromatic carbocycles. The summed E-state index contributed by atoms with van der Waals surface area (Å²) in [6.45, 7) is 6.96. The molecule has 5 nitrogen and oxygen atoms in total. The molecule has 0 aromatic heterocycles. The molecule has 0 bridgehead atoms. The summed E-state index contributed by atoms with van der Waals surface area (Å²) in [6.07, 6.45) is 0. The van der Waals surface area contributed by atoms with Crippen LogP contribution in [0.3, 0.4) is 0 Å². The molecule has 0 fully saturated rings. The van der Waals surface area contributed by atoms with Crippen molar-refractivity contribution in [2.75, 3.05) is 10.6 Å². The summed E-state index contributed by atoms with van der Waals surface area (Å²) in [7, 11) is 0. The van der Waals surface area contributed by atoms with E-state index in [1.807, 2.05) is 20.8 Å². The molecule has 0 spiro atoms. The third kappa shape index (κ3) is 5.01. The number of amides is 2. The van der Waals surface area contributed by atoms with E-state index in [0.717, 1.165) is 0 Å². The van der Waals surface area contributed by atoms with Gasteiger partial charge >= 0.3 is 0 Å². The molecule has 0 heterocycles. The molecule has 0 radical (unpaired) electrons. The summed E-state index contributed by atoms with van der Waals surface area (Å²) in [5, 5.41) is 5.58. The summed E-state index contributed by atoms with van der Waals surface area (Å²) in [5.74, 6) is -0.438. The molecule has 130 valence electrons. The van der Waals surface area contributed by atoms with Gasteiger partial charge in [-0.1, -0.05) is 26.8 Å². The first kappa shape index (κ1) is 18.4. The van der Waals surface area contributed by atoms with Crippen molar-refractivity contribution >= 4 is 29.0 Å².